The first kappa shape index (κ1) is 19.4. The van der Waals surface area contributed by atoms with Gasteiger partial charge in [0.25, 0.3) is 11.8 Å². The van der Waals surface area contributed by atoms with Crippen LogP contribution < -0.4 is 15.4 Å². The molecule has 0 bridgehead atoms. The van der Waals surface area contributed by atoms with E-state index in [1.165, 1.54) is 19.1 Å². The SMILES string of the molecule is C[C@@H](OC(=O)COc1ccccc1C(N)=O)C(=O)N1c2ccccc2C[C@@H]1C. The van der Waals surface area contributed by atoms with Crippen molar-refractivity contribution in [3.8, 4) is 5.75 Å². The molecule has 28 heavy (non-hydrogen) atoms. The molecule has 0 radical (unpaired) electrons. The van der Waals surface area contributed by atoms with Gasteiger partial charge in [0.05, 0.1) is 5.56 Å². The van der Waals surface area contributed by atoms with Crippen LogP contribution in [0, 0.1) is 0 Å². The minimum Gasteiger partial charge on any atom is -0.481 e. The molecule has 0 fully saturated rings. The molecule has 2 atom stereocenters. The standard InChI is InChI=1S/C21H22N2O5/c1-13-11-15-7-3-5-9-17(15)23(13)21(26)14(2)28-19(24)12-27-18-10-6-4-8-16(18)20(22)25/h3-10,13-14H,11-12H2,1-2H3,(H2,22,25)/t13-,14+/m0/s1. The number of primary amides is 1. The van der Waals surface area contributed by atoms with Crippen LogP contribution in [0.3, 0.4) is 0 Å². The average Bonchev–Trinajstić information content (AvgIpc) is 3.01. The smallest absolute Gasteiger partial charge is 0.344 e. The van der Waals surface area contributed by atoms with Gasteiger partial charge in [-0.1, -0.05) is 30.3 Å². The molecule has 2 aromatic carbocycles. The van der Waals surface area contributed by atoms with Gasteiger partial charge in [-0.3, -0.25) is 9.59 Å². The molecule has 0 aliphatic carbocycles. The van der Waals surface area contributed by atoms with Crippen molar-refractivity contribution in [2.75, 3.05) is 11.5 Å². The van der Waals surface area contributed by atoms with Gasteiger partial charge in [0, 0.05) is 11.7 Å². The molecule has 1 aliphatic heterocycles. The first-order valence-corrected chi connectivity index (χ1v) is 9.00. The highest BCUT2D eigenvalue weighted by Gasteiger charge is 2.34. The van der Waals surface area contributed by atoms with Crippen LogP contribution in [0.15, 0.2) is 48.5 Å². The molecular formula is C21H22N2O5. The van der Waals surface area contributed by atoms with Crippen LogP contribution in [0.5, 0.6) is 5.75 Å². The third kappa shape index (κ3) is 3.98. The maximum absolute atomic E-state index is 12.8. The fourth-order valence-electron chi connectivity index (χ4n) is 3.31. The summed E-state index contributed by atoms with van der Waals surface area (Å²) < 4.78 is 10.6. The average molecular weight is 382 g/mol. The summed E-state index contributed by atoms with van der Waals surface area (Å²) in [6.07, 6.45) is -0.202. The predicted octanol–water partition coefficient (Wildman–Crippen LogP) is 2.07. The molecule has 0 aromatic heterocycles. The molecular weight excluding hydrogens is 360 g/mol. The zero-order valence-electron chi connectivity index (χ0n) is 15.8. The van der Waals surface area contributed by atoms with Gasteiger partial charge in [0.2, 0.25) is 0 Å². The minimum atomic E-state index is -0.962. The minimum absolute atomic E-state index is 0.00949. The Morgan fingerprint density at radius 1 is 1.14 bits per heavy atom. The molecule has 0 spiro atoms. The molecule has 7 nitrogen and oxygen atoms in total. The number of hydrogen-bond donors (Lipinski definition) is 1. The number of benzene rings is 2. The number of carbonyl (C=O) groups excluding carboxylic acids is 3. The predicted molar refractivity (Wildman–Crippen MR) is 103 cm³/mol. The van der Waals surface area contributed by atoms with Gasteiger partial charge in [-0.2, -0.15) is 0 Å². The van der Waals surface area contributed by atoms with E-state index in [9.17, 15) is 14.4 Å². The Kier molecular flexibility index (Phi) is 5.63. The summed E-state index contributed by atoms with van der Waals surface area (Å²) in [5.74, 6) is -1.47. The molecule has 0 saturated carbocycles. The van der Waals surface area contributed by atoms with Crippen LogP contribution in [0.4, 0.5) is 5.69 Å². The Morgan fingerprint density at radius 3 is 2.57 bits per heavy atom. The largest absolute Gasteiger partial charge is 0.481 e. The van der Waals surface area contributed by atoms with Gasteiger partial charge in [0.1, 0.15) is 5.75 Å². The number of nitrogens with two attached hydrogens (primary N) is 1. The number of rotatable bonds is 6. The van der Waals surface area contributed by atoms with Gasteiger partial charge in [-0.15, -0.1) is 0 Å². The fourth-order valence-corrected chi connectivity index (χ4v) is 3.31. The molecule has 146 valence electrons. The van der Waals surface area contributed by atoms with E-state index in [1.54, 1.807) is 17.0 Å². The monoisotopic (exact) mass is 382 g/mol. The number of anilines is 1. The summed E-state index contributed by atoms with van der Waals surface area (Å²) in [6.45, 7) is 3.05. The van der Waals surface area contributed by atoms with Crippen molar-refractivity contribution >= 4 is 23.5 Å². The van der Waals surface area contributed by atoms with Crippen LogP contribution in [0.25, 0.3) is 0 Å². The van der Waals surface area contributed by atoms with E-state index in [0.717, 1.165) is 17.7 Å². The van der Waals surface area contributed by atoms with E-state index >= 15 is 0 Å². The lowest BCUT2D eigenvalue weighted by molar-refractivity contribution is -0.155. The Hall–Kier alpha value is -3.35. The summed E-state index contributed by atoms with van der Waals surface area (Å²) in [5.41, 5.74) is 7.38. The molecule has 0 unspecified atom stereocenters. The van der Waals surface area contributed by atoms with Crippen LogP contribution in [-0.4, -0.2) is 36.5 Å². The summed E-state index contributed by atoms with van der Waals surface area (Å²) in [4.78, 5) is 38.0. The maximum Gasteiger partial charge on any atom is 0.344 e. The Bertz CT molecular complexity index is 911. The summed E-state index contributed by atoms with van der Waals surface area (Å²) >= 11 is 0. The Labute approximate surface area is 163 Å². The highest BCUT2D eigenvalue weighted by molar-refractivity contribution is 5.99. The van der Waals surface area contributed by atoms with Crippen molar-refractivity contribution in [3.63, 3.8) is 0 Å². The van der Waals surface area contributed by atoms with E-state index in [4.69, 9.17) is 15.2 Å². The van der Waals surface area contributed by atoms with Gasteiger partial charge >= 0.3 is 5.97 Å². The molecule has 3 rings (SSSR count). The molecule has 1 aliphatic rings. The topological polar surface area (TPSA) is 98.9 Å². The number of nitrogens with zero attached hydrogens (tertiary/aromatic N) is 1. The zero-order valence-corrected chi connectivity index (χ0v) is 15.8. The summed E-state index contributed by atoms with van der Waals surface area (Å²) in [5, 5.41) is 0. The number of fused-ring (bicyclic) bond motifs is 1. The lowest BCUT2D eigenvalue weighted by Crippen LogP contribution is -2.43. The molecule has 7 heteroatoms. The van der Waals surface area contributed by atoms with Crippen LogP contribution in [0.1, 0.15) is 29.8 Å². The van der Waals surface area contributed by atoms with Gasteiger partial charge in [-0.05, 0) is 44.0 Å². The van der Waals surface area contributed by atoms with Crippen molar-refractivity contribution in [2.45, 2.75) is 32.4 Å². The van der Waals surface area contributed by atoms with E-state index in [2.05, 4.69) is 0 Å². The van der Waals surface area contributed by atoms with Gasteiger partial charge in [-0.25, -0.2) is 4.79 Å². The number of hydrogen-bond acceptors (Lipinski definition) is 5. The van der Waals surface area contributed by atoms with Crippen LogP contribution in [-0.2, 0) is 20.7 Å². The van der Waals surface area contributed by atoms with E-state index in [1.807, 2.05) is 31.2 Å². The maximum atomic E-state index is 12.8. The Balaban J connectivity index is 1.60. The third-order valence-corrected chi connectivity index (χ3v) is 4.60. The molecule has 2 amide bonds. The number of esters is 1. The lowest BCUT2D eigenvalue weighted by Gasteiger charge is -2.25. The number of amides is 2. The second kappa shape index (κ2) is 8.12. The van der Waals surface area contributed by atoms with Crippen molar-refractivity contribution in [3.05, 3.63) is 59.7 Å². The molecule has 1 heterocycles. The molecule has 2 N–H and O–H groups in total. The van der Waals surface area contributed by atoms with Crippen LogP contribution >= 0.6 is 0 Å². The number of para-hydroxylation sites is 2. The normalized spacial score (nSPS) is 16.2. The zero-order chi connectivity index (χ0) is 20.3. The first-order chi connectivity index (χ1) is 13.4. The molecule has 0 saturated heterocycles. The summed E-state index contributed by atoms with van der Waals surface area (Å²) in [6, 6.07) is 14.0. The number of ether oxygens (including phenoxy) is 2. The highest BCUT2D eigenvalue weighted by atomic mass is 16.6. The van der Waals surface area contributed by atoms with Crippen molar-refractivity contribution in [1.82, 2.24) is 0 Å². The van der Waals surface area contributed by atoms with Crippen LogP contribution in [0.2, 0.25) is 0 Å². The van der Waals surface area contributed by atoms with E-state index < -0.39 is 24.6 Å². The van der Waals surface area contributed by atoms with Gasteiger partial charge in [0.15, 0.2) is 12.7 Å². The highest BCUT2D eigenvalue weighted by Crippen LogP contribution is 2.32. The fraction of sp³-hybridized carbons (Fsp3) is 0.286. The quantitative estimate of drug-likeness (QED) is 0.771. The second-order valence-electron chi connectivity index (χ2n) is 6.67. The van der Waals surface area contributed by atoms with Crippen molar-refractivity contribution in [2.24, 2.45) is 5.73 Å². The van der Waals surface area contributed by atoms with Gasteiger partial charge < -0.3 is 20.1 Å². The third-order valence-electron chi connectivity index (χ3n) is 4.60. The van der Waals surface area contributed by atoms with Crippen molar-refractivity contribution in [1.29, 1.82) is 0 Å². The summed E-state index contributed by atoms with van der Waals surface area (Å²) in [7, 11) is 0. The van der Waals surface area contributed by atoms with E-state index in [0.29, 0.717) is 0 Å². The van der Waals surface area contributed by atoms with Crippen molar-refractivity contribution < 1.29 is 23.9 Å². The second-order valence-corrected chi connectivity index (χ2v) is 6.67. The first-order valence-electron chi connectivity index (χ1n) is 9.00. The Morgan fingerprint density at radius 2 is 1.82 bits per heavy atom. The molecule has 2 aromatic rings. The lowest BCUT2D eigenvalue weighted by atomic mass is 10.1. The van der Waals surface area contributed by atoms with E-state index in [-0.39, 0.29) is 23.3 Å². The number of carbonyl (C=O) groups is 3.